The van der Waals surface area contributed by atoms with Gasteiger partial charge >= 0.3 is 6.03 Å². The van der Waals surface area contributed by atoms with E-state index in [0.29, 0.717) is 19.7 Å². The van der Waals surface area contributed by atoms with Crippen molar-refractivity contribution in [3.63, 3.8) is 0 Å². The monoisotopic (exact) mass is 348 g/mol. The first-order valence-corrected chi connectivity index (χ1v) is 8.87. The van der Waals surface area contributed by atoms with Crippen LogP contribution in [0.3, 0.4) is 0 Å². The van der Waals surface area contributed by atoms with Crippen LogP contribution in [0.5, 0.6) is 5.75 Å². The number of carbonyl (C=O) groups is 1. The first kappa shape index (κ1) is 17.8. The highest BCUT2D eigenvalue weighted by Crippen LogP contribution is 2.18. The summed E-state index contributed by atoms with van der Waals surface area (Å²) in [5.74, 6) is 0.817. The minimum atomic E-state index is -0.0816. The Labute approximate surface area is 154 Å². The third kappa shape index (κ3) is 4.76. The number of hydrogen-bond donors (Lipinski definition) is 1. The number of benzene rings is 3. The molecule has 0 saturated heterocycles. The average Bonchev–Trinajstić information content (AvgIpc) is 2.69. The number of carbonyl (C=O) groups excluding carboxylic acids is 1. The lowest BCUT2D eigenvalue weighted by molar-refractivity contribution is 0.195. The third-order valence-electron chi connectivity index (χ3n) is 4.34. The van der Waals surface area contributed by atoms with E-state index in [1.807, 2.05) is 42.5 Å². The van der Waals surface area contributed by atoms with Crippen LogP contribution in [0.4, 0.5) is 4.79 Å². The smallest absolute Gasteiger partial charge is 0.317 e. The van der Waals surface area contributed by atoms with E-state index in [4.69, 9.17) is 4.74 Å². The molecule has 0 fully saturated rings. The van der Waals surface area contributed by atoms with E-state index < -0.39 is 0 Å². The molecule has 134 valence electrons. The Kier molecular flexibility index (Phi) is 6.09. The maximum atomic E-state index is 12.2. The number of nitrogens with zero attached hydrogens (tertiary/aromatic N) is 1. The van der Waals surface area contributed by atoms with Crippen molar-refractivity contribution >= 4 is 16.8 Å². The zero-order valence-corrected chi connectivity index (χ0v) is 15.0. The van der Waals surface area contributed by atoms with Gasteiger partial charge in [0.1, 0.15) is 12.4 Å². The fraction of sp³-hybridized carbons (Fsp3) is 0.227. The molecule has 0 aliphatic heterocycles. The summed E-state index contributed by atoms with van der Waals surface area (Å²) in [6.07, 6.45) is 0.807. The molecule has 3 rings (SSSR count). The van der Waals surface area contributed by atoms with Crippen LogP contribution in [0.15, 0.2) is 72.8 Å². The lowest BCUT2D eigenvalue weighted by Gasteiger charge is -2.18. The maximum Gasteiger partial charge on any atom is 0.317 e. The zero-order chi connectivity index (χ0) is 18.2. The molecule has 0 radical (unpaired) electrons. The number of fused-ring (bicyclic) bond motifs is 1. The fourth-order valence-electron chi connectivity index (χ4n) is 2.87. The van der Waals surface area contributed by atoms with E-state index in [2.05, 4.69) is 35.6 Å². The summed E-state index contributed by atoms with van der Waals surface area (Å²) in [6.45, 7) is 1.61. The minimum Gasteiger partial charge on any atom is -0.492 e. The number of nitrogens with one attached hydrogen (secondary N) is 1. The first-order chi connectivity index (χ1) is 12.7. The Bertz CT molecular complexity index is 844. The molecule has 0 aromatic heterocycles. The Balaban J connectivity index is 1.43. The topological polar surface area (TPSA) is 41.6 Å². The number of urea groups is 1. The molecule has 0 spiro atoms. The van der Waals surface area contributed by atoms with Crippen molar-refractivity contribution in [1.82, 2.24) is 10.2 Å². The molecule has 0 saturated carbocycles. The van der Waals surface area contributed by atoms with Crippen molar-refractivity contribution in [2.45, 2.75) is 6.42 Å². The number of para-hydroxylation sites is 1. The largest absolute Gasteiger partial charge is 0.492 e. The second kappa shape index (κ2) is 8.90. The molecular weight excluding hydrogens is 324 g/mol. The highest BCUT2D eigenvalue weighted by molar-refractivity contribution is 5.85. The summed E-state index contributed by atoms with van der Waals surface area (Å²) < 4.78 is 5.63. The Morgan fingerprint density at radius 3 is 2.54 bits per heavy atom. The van der Waals surface area contributed by atoms with Crippen molar-refractivity contribution < 1.29 is 9.53 Å². The SMILES string of the molecule is CN(CCOc1ccccc1)C(=O)NCCc1cccc2ccccc12. The predicted molar refractivity (Wildman–Crippen MR) is 106 cm³/mol. The van der Waals surface area contributed by atoms with Crippen molar-refractivity contribution in [2.24, 2.45) is 0 Å². The molecule has 0 aliphatic rings. The highest BCUT2D eigenvalue weighted by Gasteiger charge is 2.08. The van der Waals surface area contributed by atoms with Gasteiger partial charge in [-0.2, -0.15) is 0 Å². The van der Waals surface area contributed by atoms with Gasteiger partial charge in [-0.1, -0.05) is 60.7 Å². The van der Waals surface area contributed by atoms with Gasteiger partial charge in [0, 0.05) is 13.6 Å². The van der Waals surface area contributed by atoms with Gasteiger partial charge in [0.15, 0.2) is 0 Å². The molecule has 1 N–H and O–H groups in total. The minimum absolute atomic E-state index is 0.0816. The summed E-state index contributed by atoms with van der Waals surface area (Å²) in [6, 6.07) is 24.1. The predicted octanol–water partition coefficient (Wildman–Crippen LogP) is 4.10. The van der Waals surface area contributed by atoms with Crippen LogP contribution in [0.2, 0.25) is 0 Å². The van der Waals surface area contributed by atoms with Crippen molar-refractivity contribution in [3.05, 3.63) is 78.4 Å². The second-order valence-electron chi connectivity index (χ2n) is 6.20. The summed E-state index contributed by atoms with van der Waals surface area (Å²) >= 11 is 0. The highest BCUT2D eigenvalue weighted by atomic mass is 16.5. The number of rotatable bonds is 7. The molecule has 0 heterocycles. The molecule has 0 aliphatic carbocycles. The van der Waals surface area contributed by atoms with Gasteiger partial charge in [0.05, 0.1) is 6.54 Å². The fourth-order valence-corrected chi connectivity index (χ4v) is 2.87. The Morgan fingerprint density at radius 1 is 0.962 bits per heavy atom. The summed E-state index contributed by atoms with van der Waals surface area (Å²) in [4.78, 5) is 13.8. The van der Waals surface area contributed by atoms with Crippen LogP contribution in [0.25, 0.3) is 10.8 Å². The summed E-state index contributed by atoms with van der Waals surface area (Å²) in [5.41, 5.74) is 1.25. The van der Waals surface area contributed by atoms with Gasteiger partial charge in [0.25, 0.3) is 0 Å². The molecule has 4 nitrogen and oxygen atoms in total. The van der Waals surface area contributed by atoms with Gasteiger partial charge < -0.3 is 15.0 Å². The van der Waals surface area contributed by atoms with Crippen LogP contribution in [0.1, 0.15) is 5.56 Å². The number of likely N-dealkylation sites (N-methyl/N-ethyl adjacent to an activating group) is 1. The van der Waals surface area contributed by atoms with E-state index in [1.54, 1.807) is 11.9 Å². The molecule has 0 unspecified atom stereocenters. The van der Waals surface area contributed by atoms with E-state index in [0.717, 1.165) is 12.2 Å². The number of ether oxygens (including phenoxy) is 1. The summed E-state index contributed by atoms with van der Waals surface area (Å²) in [5, 5.41) is 5.45. The number of hydrogen-bond acceptors (Lipinski definition) is 2. The lowest BCUT2D eigenvalue weighted by atomic mass is 10.0. The van der Waals surface area contributed by atoms with Crippen LogP contribution in [0, 0.1) is 0 Å². The van der Waals surface area contributed by atoms with E-state index in [1.165, 1.54) is 16.3 Å². The van der Waals surface area contributed by atoms with Crippen LogP contribution in [-0.2, 0) is 6.42 Å². The third-order valence-corrected chi connectivity index (χ3v) is 4.34. The van der Waals surface area contributed by atoms with Crippen LogP contribution < -0.4 is 10.1 Å². The van der Waals surface area contributed by atoms with Gasteiger partial charge in [-0.15, -0.1) is 0 Å². The van der Waals surface area contributed by atoms with Gasteiger partial charge in [-0.3, -0.25) is 0 Å². The number of amides is 2. The van der Waals surface area contributed by atoms with Crippen LogP contribution in [-0.4, -0.2) is 37.7 Å². The quantitative estimate of drug-likeness (QED) is 0.698. The lowest BCUT2D eigenvalue weighted by Crippen LogP contribution is -2.40. The molecule has 2 amide bonds. The zero-order valence-electron chi connectivity index (χ0n) is 15.0. The average molecular weight is 348 g/mol. The molecule has 3 aromatic rings. The molecule has 0 atom stereocenters. The van der Waals surface area contributed by atoms with Gasteiger partial charge in [-0.05, 0) is 34.9 Å². The standard InChI is InChI=1S/C22H24N2O2/c1-24(16-17-26-20-11-3-2-4-12-20)22(25)23-15-14-19-10-7-9-18-8-5-6-13-21(18)19/h2-13H,14-17H2,1H3,(H,23,25). The molecule has 4 heteroatoms. The van der Waals surface area contributed by atoms with Crippen molar-refractivity contribution in [2.75, 3.05) is 26.7 Å². The van der Waals surface area contributed by atoms with Crippen LogP contribution >= 0.6 is 0 Å². The van der Waals surface area contributed by atoms with Gasteiger partial charge in [-0.25, -0.2) is 4.79 Å². The normalized spacial score (nSPS) is 10.5. The van der Waals surface area contributed by atoms with E-state index >= 15 is 0 Å². The molecule has 26 heavy (non-hydrogen) atoms. The maximum absolute atomic E-state index is 12.2. The molecule has 3 aromatic carbocycles. The van der Waals surface area contributed by atoms with E-state index in [9.17, 15) is 4.79 Å². The molecular formula is C22H24N2O2. The Morgan fingerprint density at radius 2 is 1.69 bits per heavy atom. The van der Waals surface area contributed by atoms with Crippen molar-refractivity contribution in [1.29, 1.82) is 0 Å². The second-order valence-corrected chi connectivity index (χ2v) is 6.20. The summed E-state index contributed by atoms with van der Waals surface area (Å²) in [7, 11) is 1.78. The van der Waals surface area contributed by atoms with Gasteiger partial charge in [0.2, 0.25) is 0 Å². The first-order valence-electron chi connectivity index (χ1n) is 8.87. The van der Waals surface area contributed by atoms with Crippen molar-refractivity contribution in [3.8, 4) is 5.75 Å². The van der Waals surface area contributed by atoms with E-state index in [-0.39, 0.29) is 6.03 Å². The molecule has 0 bridgehead atoms. The Hall–Kier alpha value is -3.01.